The van der Waals surface area contributed by atoms with Gasteiger partial charge in [-0.1, -0.05) is 37.3 Å². The molecule has 0 aromatic heterocycles. The van der Waals surface area contributed by atoms with Crippen LogP contribution in [0.4, 0.5) is 0 Å². The topological polar surface area (TPSA) is 47.7 Å². The molecule has 2 saturated heterocycles. The van der Waals surface area contributed by atoms with Crippen LogP contribution >= 0.6 is 0 Å². The summed E-state index contributed by atoms with van der Waals surface area (Å²) in [5.41, 5.74) is 7.20. The monoisotopic (exact) mass is 290 g/mol. The van der Waals surface area contributed by atoms with Crippen LogP contribution in [0.25, 0.3) is 0 Å². The lowest BCUT2D eigenvalue weighted by Crippen LogP contribution is -2.49. The molecule has 21 heavy (non-hydrogen) atoms. The Morgan fingerprint density at radius 1 is 1.29 bits per heavy atom. The summed E-state index contributed by atoms with van der Waals surface area (Å²) in [5, 5.41) is 0. The Kier molecular flexibility index (Phi) is 4.31. The molecule has 2 heterocycles. The van der Waals surface area contributed by atoms with E-state index in [2.05, 4.69) is 24.0 Å². The summed E-state index contributed by atoms with van der Waals surface area (Å²) in [7, 11) is 0. The number of rotatable bonds is 3. The van der Waals surface area contributed by atoms with Crippen molar-refractivity contribution in [2.45, 2.75) is 38.2 Å². The zero-order valence-corrected chi connectivity index (χ0v) is 13.0. The Morgan fingerprint density at radius 2 is 2.05 bits per heavy atom. The van der Waals surface area contributed by atoms with E-state index in [1.165, 1.54) is 0 Å². The fourth-order valence-electron chi connectivity index (χ4n) is 3.57. The lowest BCUT2D eigenvalue weighted by atomic mass is 9.96. The van der Waals surface area contributed by atoms with Gasteiger partial charge in [-0.25, -0.2) is 0 Å². The number of nitrogens with two attached hydrogens (primary N) is 1. The summed E-state index contributed by atoms with van der Waals surface area (Å²) in [5.74, 6) is 0.0479. The second kappa shape index (κ2) is 6.05. The zero-order valence-electron chi connectivity index (χ0n) is 13.0. The molecule has 2 fully saturated rings. The van der Waals surface area contributed by atoms with Gasteiger partial charge >= 0.3 is 0 Å². The molecule has 2 aliphatic heterocycles. The van der Waals surface area contributed by atoms with Crippen molar-refractivity contribution in [2.75, 3.05) is 26.2 Å². The van der Waals surface area contributed by atoms with Crippen LogP contribution in [0, 0.1) is 5.92 Å². The predicted octanol–water partition coefficient (Wildman–Crippen LogP) is 1.94. The molecular formula is C17H26N2O2. The summed E-state index contributed by atoms with van der Waals surface area (Å²) >= 11 is 0. The summed E-state index contributed by atoms with van der Waals surface area (Å²) < 4.78 is 12.2. The average Bonchev–Trinajstić information content (AvgIpc) is 2.81. The molecular weight excluding hydrogens is 264 g/mol. The molecule has 0 radical (unpaired) electrons. The van der Waals surface area contributed by atoms with E-state index in [4.69, 9.17) is 15.2 Å². The van der Waals surface area contributed by atoms with Gasteiger partial charge in [-0.2, -0.15) is 0 Å². The number of piperidine rings is 1. The third kappa shape index (κ3) is 3.46. The molecule has 4 atom stereocenters. The number of nitrogens with zero attached hydrogens (tertiary/aromatic N) is 1. The highest BCUT2D eigenvalue weighted by atomic mass is 16.7. The van der Waals surface area contributed by atoms with E-state index in [1.54, 1.807) is 0 Å². The van der Waals surface area contributed by atoms with Gasteiger partial charge in [-0.3, -0.25) is 4.90 Å². The van der Waals surface area contributed by atoms with E-state index in [1.807, 2.05) is 25.1 Å². The minimum Gasteiger partial charge on any atom is -0.343 e. The van der Waals surface area contributed by atoms with Gasteiger partial charge in [-0.05, 0) is 19.3 Å². The lowest BCUT2D eigenvalue weighted by Gasteiger charge is -2.36. The first-order chi connectivity index (χ1) is 10.0. The molecule has 4 nitrogen and oxygen atoms in total. The van der Waals surface area contributed by atoms with Crippen LogP contribution in [0.15, 0.2) is 30.3 Å². The van der Waals surface area contributed by atoms with Gasteiger partial charge in [0.15, 0.2) is 5.79 Å². The lowest BCUT2D eigenvalue weighted by molar-refractivity contribution is -0.164. The van der Waals surface area contributed by atoms with Crippen LogP contribution in [-0.2, 0) is 15.3 Å². The fraction of sp³-hybridized carbons (Fsp3) is 0.647. The Labute approximate surface area is 127 Å². The average molecular weight is 290 g/mol. The van der Waals surface area contributed by atoms with Crippen molar-refractivity contribution in [3.05, 3.63) is 35.9 Å². The van der Waals surface area contributed by atoms with Gasteiger partial charge in [-0.15, -0.1) is 0 Å². The molecule has 4 unspecified atom stereocenters. The van der Waals surface area contributed by atoms with Gasteiger partial charge in [0.25, 0.3) is 0 Å². The van der Waals surface area contributed by atoms with Crippen molar-refractivity contribution in [1.29, 1.82) is 0 Å². The first-order valence-electron chi connectivity index (χ1n) is 7.90. The second-order valence-corrected chi connectivity index (χ2v) is 6.68. The Morgan fingerprint density at radius 3 is 2.76 bits per heavy atom. The molecule has 2 aliphatic rings. The zero-order chi connectivity index (χ0) is 14.9. The number of benzene rings is 1. The van der Waals surface area contributed by atoms with Crippen LogP contribution < -0.4 is 5.73 Å². The number of hydrogen-bond donors (Lipinski definition) is 1. The molecule has 0 aliphatic carbocycles. The number of likely N-dealkylation sites (tertiary alicyclic amines) is 1. The van der Waals surface area contributed by atoms with Crippen molar-refractivity contribution < 1.29 is 9.47 Å². The van der Waals surface area contributed by atoms with Gasteiger partial charge < -0.3 is 15.2 Å². The van der Waals surface area contributed by atoms with Crippen molar-refractivity contribution in [3.63, 3.8) is 0 Å². The van der Waals surface area contributed by atoms with Gasteiger partial charge in [0.1, 0.15) is 0 Å². The van der Waals surface area contributed by atoms with Crippen LogP contribution in [0.3, 0.4) is 0 Å². The third-order valence-corrected chi connectivity index (χ3v) is 4.46. The smallest absolute Gasteiger partial charge is 0.192 e. The minimum atomic E-state index is -0.616. The van der Waals surface area contributed by atoms with Crippen molar-refractivity contribution in [2.24, 2.45) is 11.7 Å². The van der Waals surface area contributed by atoms with E-state index < -0.39 is 5.79 Å². The molecule has 1 aromatic carbocycles. The normalized spacial score (nSPS) is 37.8. The van der Waals surface area contributed by atoms with E-state index in [-0.39, 0.29) is 12.1 Å². The highest BCUT2D eigenvalue weighted by molar-refractivity contribution is 5.20. The van der Waals surface area contributed by atoms with Crippen LogP contribution in [-0.4, -0.2) is 43.3 Å². The predicted molar refractivity (Wildman–Crippen MR) is 82.8 cm³/mol. The summed E-state index contributed by atoms with van der Waals surface area (Å²) in [6.07, 6.45) is 1.24. The van der Waals surface area contributed by atoms with Crippen LogP contribution in [0.1, 0.15) is 25.8 Å². The largest absolute Gasteiger partial charge is 0.343 e. The van der Waals surface area contributed by atoms with E-state index >= 15 is 0 Å². The maximum Gasteiger partial charge on any atom is 0.192 e. The van der Waals surface area contributed by atoms with E-state index in [0.29, 0.717) is 12.5 Å². The molecule has 116 valence electrons. The summed E-state index contributed by atoms with van der Waals surface area (Å²) in [4.78, 5) is 2.42. The SMILES string of the molecule is CC1CC(N)CN(CC2COC(C)(c3ccccc3)O2)C1. The number of ether oxygens (including phenoxy) is 2. The first kappa shape index (κ1) is 15.0. The van der Waals surface area contributed by atoms with Gasteiger partial charge in [0, 0.05) is 31.2 Å². The highest BCUT2D eigenvalue weighted by Gasteiger charge is 2.39. The van der Waals surface area contributed by atoms with Crippen LogP contribution in [0.2, 0.25) is 0 Å². The highest BCUT2D eigenvalue weighted by Crippen LogP contribution is 2.34. The van der Waals surface area contributed by atoms with Gasteiger partial charge in [0.2, 0.25) is 0 Å². The maximum atomic E-state index is 6.20. The molecule has 2 N–H and O–H groups in total. The summed E-state index contributed by atoms with van der Waals surface area (Å²) in [6, 6.07) is 10.5. The Bertz CT molecular complexity index is 457. The van der Waals surface area contributed by atoms with Crippen molar-refractivity contribution >= 4 is 0 Å². The van der Waals surface area contributed by atoms with Gasteiger partial charge in [0.05, 0.1) is 12.7 Å². The first-order valence-corrected chi connectivity index (χ1v) is 7.90. The molecule has 0 bridgehead atoms. The molecule has 0 amide bonds. The third-order valence-electron chi connectivity index (χ3n) is 4.46. The molecule has 4 heteroatoms. The fourth-order valence-corrected chi connectivity index (χ4v) is 3.57. The molecule has 3 rings (SSSR count). The Hall–Kier alpha value is -0.940. The number of hydrogen-bond acceptors (Lipinski definition) is 4. The second-order valence-electron chi connectivity index (χ2n) is 6.68. The van der Waals surface area contributed by atoms with Crippen molar-refractivity contribution in [3.8, 4) is 0 Å². The molecule has 0 saturated carbocycles. The quantitative estimate of drug-likeness (QED) is 0.924. The van der Waals surface area contributed by atoms with Crippen LogP contribution in [0.5, 0.6) is 0 Å². The molecule has 1 aromatic rings. The van der Waals surface area contributed by atoms with Crippen molar-refractivity contribution in [1.82, 2.24) is 4.90 Å². The minimum absolute atomic E-state index is 0.118. The molecule has 0 spiro atoms. The maximum absolute atomic E-state index is 6.20. The van der Waals surface area contributed by atoms with E-state index in [0.717, 1.165) is 31.6 Å². The standard InChI is InChI=1S/C17H26N2O2/c1-13-8-15(18)10-19(9-13)11-16-12-20-17(2,21-16)14-6-4-3-5-7-14/h3-7,13,15-16H,8-12,18H2,1-2H3. The summed E-state index contributed by atoms with van der Waals surface area (Å²) in [6.45, 7) is 7.90. The Balaban J connectivity index is 1.60. The van der Waals surface area contributed by atoms with E-state index in [9.17, 15) is 0 Å².